The summed E-state index contributed by atoms with van der Waals surface area (Å²) in [5.41, 5.74) is 2.76. The maximum absolute atomic E-state index is 12.1. The molecule has 0 aliphatic rings. The lowest BCUT2D eigenvalue weighted by Crippen LogP contribution is -2.30. The van der Waals surface area contributed by atoms with Crippen molar-refractivity contribution in [3.05, 3.63) is 45.7 Å². The normalized spacial score (nSPS) is 11.0. The summed E-state index contributed by atoms with van der Waals surface area (Å²) >= 11 is 12.0. The van der Waals surface area contributed by atoms with E-state index < -0.39 is 0 Å². The number of hydrogen-bond donors (Lipinski definition) is 1. The highest BCUT2D eigenvalue weighted by Gasteiger charge is 2.12. The number of carbonyl (C=O) groups excluding carboxylic acids is 1. The van der Waals surface area contributed by atoms with E-state index in [1.165, 1.54) is 0 Å². The van der Waals surface area contributed by atoms with E-state index in [0.717, 1.165) is 17.8 Å². The number of anilines is 1. The number of carbonyl (C=O) groups is 1. The second kappa shape index (κ2) is 7.81. The first kappa shape index (κ1) is 17.8. The van der Waals surface area contributed by atoms with E-state index in [2.05, 4.69) is 17.3 Å². The maximum atomic E-state index is 12.1. The number of nitrogens with one attached hydrogen (secondary N) is 1. The number of nitrogens with zero attached hydrogens (tertiary/aromatic N) is 3. The Balaban J connectivity index is 1.94. The molecule has 0 aliphatic heterocycles. The minimum Gasteiger partial charge on any atom is -0.324 e. The Morgan fingerprint density at radius 3 is 2.78 bits per heavy atom. The van der Waals surface area contributed by atoms with Gasteiger partial charge in [-0.2, -0.15) is 5.10 Å². The van der Waals surface area contributed by atoms with Crippen molar-refractivity contribution < 1.29 is 4.79 Å². The fourth-order valence-electron chi connectivity index (χ4n) is 2.33. The number of benzene rings is 1. The van der Waals surface area contributed by atoms with Gasteiger partial charge in [0.25, 0.3) is 0 Å². The zero-order valence-corrected chi connectivity index (χ0v) is 14.9. The van der Waals surface area contributed by atoms with Gasteiger partial charge in [-0.25, -0.2) is 0 Å². The summed E-state index contributed by atoms with van der Waals surface area (Å²) in [4.78, 5) is 14.1. The van der Waals surface area contributed by atoms with E-state index in [-0.39, 0.29) is 12.5 Å². The average molecular weight is 355 g/mol. The molecule has 0 spiro atoms. The summed E-state index contributed by atoms with van der Waals surface area (Å²) in [7, 11) is 1.89. The summed E-state index contributed by atoms with van der Waals surface area (Å²) in [5.74, 6) is -0.141. The van der Waals surface area contributed by atoms with Crippen LogP contribution in [0.15, 0.2) is 24.4 Å². The molecule has 0 atom stereocenters. The van der Waals surface area contributed by atoms with Gasteiger partial charge in [-0.05, 0) is 39.1 Å². The highest BCUT2D eigenvalue weighted by molar-refractivity contribution is 6.35. The van der Waals surface area contributed by atoms with Crippen LogP contribution in [0.5, 0.6) is 0 Å². The summed E-state index contributed by atoms with van der Waals surface area (Å²) in [6, 6.07) is 4.97. The highest BCUT2D eigenvalue weighted by Crippen LogP contribution is 2.25. The van der Waals surface area contributed by atoms with Crippen molar-refractivity contribution in [3.63, 3.8) is 0 Å². The first-order valence-corrected chi connectivity index (χ1v) is 8.11. The third-order valence-corrected chi connectivity index (χ3v) is 4.13. The van der Waals surface area contributed by atoms with Crippen molar-refractivity contribution >= 4 is 34.8 Å². The first-order valence-electron chi connectivity index (χ1n) is 7.35. The molecule has 2 aromatic rings. The van der Waals surface area contributed by atoms with Gasteiger partial charge in [-0.3, -0.25) is 14.4 Å². The van der Waals surface area contributed by atoms with Crippen molar-refractivity contribution in [2.75, 3.05) is 18.9 Å². The van der Waals surface area contributed by atoms with E-state index in [1.807, 2.05) is 29.7 Å². The molecule has 0 saturated heterocycles. The van der Waals surface area contributed by atoms with Crippen LogP contribution in [0.3, 0.4) is 0 Å². The number of hydrogen-bond acceptors (Lipinski definition) is 3. The van der Waals surface area contributed by atoms with Crippen LogP contribution in [0, 0.1) is 6.92 Å². The number of halogens is 2. The Kier molecular flexibility index (Phi) is 6.04. The topological polar surface area (TPSA) is 50.2 Å². The van der Waals surface area contributed by atoms with Gasteiger partial charge in [0.05, 0.1) is 23.5 Å². The van der Waals surface area contributed by atoms with Gasteiger partial charge >= 0.3 is 0 Å². The minimum absolute atomic E-state index is 0.141. The lowest BCUT2D eigenvalue weighted by atomic mass is 10.2. The van der Waals surface area contributed by atoms with Crippen LogP contribution in [-0.4, -0.2) is 34.2 Å². The number of likely N-dealkylation sites (N-methyl/N-ethyl adjacent to an activating group) is 1. The lowest BCUT2D eigenvalue weighted by Gasteiger charge is -2.16. The SMILES string of the molecule is CCn1ncc(CN(C)CC(=O)Nc2cc(Cl)ccc2Cl)c1C. The molecular formula is C16H20Cl2N4O. The maximum Gasteiger partial charge on any atom is 0.238 e. The van der Waals surface area contributed by atoms with Crippen LogP contribution in [0.25, 0.3) is 0 Å². The molecule has 1 heterocycles. The molecule has 7 heteroatoms. The molecule has 0 aliphatic carbocycles. The molecule has 0 unspecified atom stereocenters. The molecule has 0 bridgehead atoms. The van der Waals surface area contributed by atoms with Crippen LogP contribution in [0.4, 0.5) is 5.69 Å². The van der Waals surface area contributed by atoms with Crippen LogP contribution in [0.1, 0.15) is 18.2 Å². The summed E-state index contributed by atoms with van der Waals surface area (Å²) in [6.45, 7) is 5.83. The van der Waals surface area contributed by atoms with Gasteiger partial charge in [-0.15, -0.1) is 0 Å². The lowest BCUT2D eigenvalue weighted by molar-refractivity contribution is -0.117. The predicted octanol–water partition coefficient (Wildman–Crippen LogP) is 3.59. The average Bonchev–Trinajstić information content (AvgIpc) is 2.83. The summed E-state index contributed by atoms with van der Waals surface area (Å²) < 4.78 is 1.94. The molecule has 23 heavy (non-hydrogen) atoms. The second-order valence-corrected chi connectivity index (χ2v) is 6.26. The van der Waals surface area contributed by atoms with Crippen LogP contribution < -0.4 is 5.32 Å². The molecule has 1 N–H and O–H groups in total. The second-order valence-electron chi connectivity index (χ2n) is 5.42. The Morgan fingerprint density at radius 1 is 1.39 bits per heavy atom. The monoisotopic (exact) mass is 354 g/mol. The van der Waals surface area contributed by atoms with Gasteiger partial charge < -0.3 is 5.32 Å². The molecule has 0 radical (unpaired) electrons. The molecule has 1 aromatic heterocycles. The summed E-state index contributed by atoms with van der Waals surface area (Å²) in [5, 5.41) is 8.09. The van der Waals surface area contributed by atoms with Crippen LogP contribution in [0.2, 0.25) is 10.0 Å². The highest BCUT2D eigenvalue weighted by atomic mass is 35.5. The first-order chi connectivity index (χ1) is 10.9. The van der Waals surface area contributed by atoms with Crippen molar-refractivity contribution in [2.45, 2.75) is 26.9 Å². The Hall–Kier alpha value is -1.56. The molecule has 0 fully saturated rings. The van der Waals surface area contributed by atoms with Gasteiger partial charge in [0.1, 0.15) is 0 Å². The van der Waals surface area contributed by atoms with Crippen molar-refractivity contribution in [2.24, 2.45) is 0 Å². The molecule has 0 saturated carbocycles. The van der Waals surface area contributed by atoms with Crippen LogP contribution >= 0.6 is 23.2 Å². The van der Waals surface area contributed by atoms with E-state index in [1.54, 1.807) is 18.2 Å². The smallest absolute Gasteiger partial charge is 0.238 e. The Morgan fingerprint density at radius 2 is 2.13 bits per heavy atom. The molecule has 2 rings (SSSR count). The number of rotatable bonds is 6. The molecular weight excluding hydrogens is 335 g/mol. The van der Waals surface area contributed by atoms with Gasteiger partial charge in [0, 0.05) is 29.4 Å². The molecule has 1 aromatic carbocycles. The van der Waals surface area contributed by atoms with Crippen LogP contribution in [-0.2, 0) is 17.9 Å². The Bertz CT molecular complexity index is 699. The third-order valence-electron chi connectivity index (χ3n) is 3.56. The molecule has 5 nitrogen and oxygen atoms in total. The molecule has 124 valence electrons. The summed E-state index contributed by atoms with van der Waals surface area (Å²) in [6.07, 6.45) is 1.85. The largest absolute Gasteiger partial charge is 0.324 e. The van der Waals surface area contributed by atoms with E-state index in [9.17, 15) is 4.79 Å². The number of aromatic nitrogens is 2. The minimum atomic E-state index is -0.141. The fraction of sp³-hybridized carbons (Fsp3) is 0.375. The standard InChI is InChI=1S/C16H20Cl2N4O/c1-4-22-11(2)12(8-19-22)9-21(3)10-16(23)20-15-7-13(17)5-6-14(15)18/h5-8H,4,9-10H2,1-3H3,(H,20,23). The third kappa shape index (κ3) is 4.70. The van der Waals surface area contributed by atoms with Crippen molar-refractivity contribution in [1.29, 1.82) is 0 Å². The van der Waals surface area contributed by atoms with E-state index >= 15 is 0 Å². The molecule has 1 amide bonds. The zero-order chi connectivity index (χ0) is 17.0. The van der Waals surface area contributed by atoms with E-state index in [4.69, 9.17) is 23.2 Å². The number of amides is 1. The predicted molar refractivity (Wildman–Crippen MR) is 94.1 cm³/mol. The van der Waals surface area contributed by atoms with Gasteiger partial charge in [0.2, 0.25) is 5.91 Å². The van der Waals surface area contributed by atoms with Crippen molar-refractivity contribution in [3.8, 4) is 0 Å². The Labute approximate surface area is 146 Å². The van der Waals surface area contributed by atoms with Crippen molar-refractivity contribution in [1.82, 2.24) is 14.7 Å². The zero-order valence-electron chi connectivity index (χ0n) is 13.4. The quantitative estimate of drug-likeness (QED) is 0.862. The van der Waals surface area contributed by atoms with E-state index in [0.29, 0.717) is 22.3 Å². The van der Waals surface area contributed by atoms with Gasteiger partial charge in [-0.1, -0.05) is 23.2 Å². The fourth-order valence-corrected chi connectivity index (χ4v) is 2.67. The number of aryl methyl sites for hydroxylation is 1. The van der Waals surface area contributed by atoms with Gasteiger partial charge in [0.15, 0.2) is 0 Å².